The van der Waals surface area contributed by atoms with Crippen LogP contribution in [0.15, 0.2) is 12.1 Å². The van der Waals surface area contributed by atoms with Crippen molar-refractivity contribution in [1.29, 1.82) is 0 Å². The molecule has 3 nitrogen and oxygen atoms in total. The molecule has 1 aromatic carbocycles. The lowest BCUT2D eigenvalue weighted by Crippen LogP contribution is -2.37. The van der Waals surface area contributed by atoms with Gasteiger partial charge >= 0.3 is 0 Å². The second kappa shape index (κ2) is 5.01. The van der Waals surface area contributed by atoms with E-state index in [2.05, 4.69) is 6.92 Å². The first-order chi connectivity index (χ1) is 8.49. The molecule has 0 unspecified atom stereocenters. The predicted octanol–water partition coefficient (Wildman–Crippen LogP) is 2.88. The number of nitrogens with zero attached hydrogens (tertiary/aromatic N) is 1. The smallest absolute Gasteiger partial charge is 0.257 e. The maximum atomic E-state index is 12.4. The Morgan fingerprint density at radius 3 is 2.39 bits per heavy atom. The largest absolute Gasteiger partial charge is 0.507 e. The maximum Gasteiger partial charge on any atom is 0.257 e. The van der Waals surface area contributed by atoms with Crippen LogP contribution >= 0.6 is 0 Å². The molecule has 1 fully saturated rings. The van der Waals surface area contributed by atoms with Gasteiger partial charge in [-0.05, 0) is 55.9 Å². The van der Waals surface area contributed by atoms with Crippen LogP contribution in [-0.4, -0.2) is 29.0 Å². The van der Waals surface area contributed by atoms with Crippen LogP contribution in [0.1, 0.15) is 41.3 Å². The van der Waals surface area contributed by atoms with Crippen molar-refractivity contribution in [2.45, 2.75) is 33.6 Å². The monoisotopic (exact) mass is 247 g/mol. The van der Waals surface area contributed by atoms with Crippen molar-refractivity contribution in [3.05, 3.63) is 28.8 Å². The highest BCUT2D eigenvalue weighted by molar-refractivity contribution is 5.97. The van der Waals surface area contributed by atoms with Gasteiger partial charge in [-0.3, -0.25) is 4.79 Å². The number of likely N-dealkylation sites (tertiary alicyclic amines) is 1. The van der Waals surface area contributed by atoms with E-state index in [4.69, 9.17) is 0 Å². The average molecular weight is 247 g/mol. The number of phenolic OH excluding ortho intramolecular Hbond substituents is 1. The van der Waals surface area contributed by atoms with Crippen LogP contribution in [0.2, 0.25) is 0 Å². The molecule has 0 spiro atoms. The summed E-state index contributed by atoms with van der Waals surface area (Å²) < 4.78 is 0. The number of hydrogen-bond donors (Lipinski definition) is 1. The molecule has 0 aromatic heterocycles. The number of amides is 1. The standard InChI is InChI=1S/C15H21NO2/c1-10-4-6-16(7-5-10)15(18)13-8-11(2)12(3)9-14(13)17/h8-10,17H,4-7H2,1-3H3. The highest BCUT2D eigenvalue weighted by Gasteiger charge is 2.23. The molecular formula is C15H21NO2. The van der Waals surface area contributed by atoms with E-state index in [1.807, 2.05) is 18.7 Å². The van der Waals surface area contributed by atoms with Crippen molar-refractivity contribution in [2.24, 2.45) is 5.92 Å². The second-order valence-electron chi connectivity index (χ2n) is 5.43. The molecule has 1 saturated heterocycles. The van der Waals surface area contributed by atoms with Gasteiger partial charge in [0.25, 0.3) is 5.91 Å². The van der Waals surface area contributed by atoms with Crippen molar-refractivity contribution in [1.82, 2.24) is 4.90 Å². The molecular weight excluding hydrogens is 226 g/mol. The van der Waals surface area contributed by atoms with Crippen LogP contribution in [0.4, 0.5) is 0 Å². The number of piperidine rings is 1. The third-order valence-electron chi connectivity index (χ3n) is 3.91. The first-order valence-electron chi connectivity index (χ1n) is 6.58. The highest BCUT2D eigenvalue weighted by Crippen LogP contribution is 2.25. The Morgan fingerprint density at radius 1 is 1.22 bits per heavy atom. The molecule has 0 bridgehead atoms. The zero-order chi connectivity index (χ0) is 13.3. The van der Waals surface area contributed by atoms with Gasteiger partial charge in [0, 0.05) is 13.1 Å². The second-order valence-corrected chi connectivity index (χ2v) is 5.43. The number of hydrogen-bond acceptors (Lipinski definition) is 2. The van der Waals surface area contributed by atoms with Crippen LogP contribution in [0, 0.1) is 19.8 Å². The Kier molecular flexibility index (Phi) is 3.60. The molecule has 0 aliphatic carbocycles. The van der Waals surface area contributed by atoms with Crippen molar-refractivity contribution in [3.8, 4) is 5.75 Å². The number of aromatic hydroxyl groups is 1. The summed E-state index contributed by atoms with van der Waals surface area (Å²) in [6, 6.07) is 3.47. The molecule has 3 heteroatoms. The Hall–Kier alpha value is -1.51. The average Bonchev–Trinajstić information content (AvgIpc) is 2.34. The minimum Gasteiger partial charge on any atom is -0.507 e. The SMILES string of the molecule is Cc1cc(O)c(C(=O)N2CCC(C)CC2)cc1C. The Morgan fingerprint density at radius 2 is 1.78 bits per heavy atom. The molecule has 1 amide bonds. The summed E-state index contributed by atoms with van der Waals surface area (Å²) in [5.74, 6) is 0.756. The van der Waals surface area contributed by atoms with Crippen LogP contribution in [-0.2, 0) is 0 Å². The molecule has 98 valence electrons. The van der Waals surface area contributed by atoms with E-state index >= 15 is 0 Å². The molecule has 1 aliphatic rings. The molecule has 1 aliphatic heterocycles. The van der Waals surface area contributed by atoms with Gasteiger partial charge in [0.05, 0.1) is 5.56 Å². The fourth-order valence-electron chi connectivity index (χ4n) is 2.35. The quantitative estimate of drug-likeness (QED) is 0.829. The van der Waals surface area contributed by atoms with E-state index in [-0.39, 0.29) is 11.7 Å². The topological polar surface area (TPSA) is 40.5 Å². The van der Waals surface area contributed by atoms with Crippen molar-refractivity contribution >= 4 is 5.91 Å². The van der Waals surface area contributed by atoms with Crippen LogP contribution in [0.5, 0.6) is 5.75 Å². The molecule has 1 aromatic rings. The zero-order valence-electron chi connectivity index (χ0n) is 11.4. The van der Waals surface area contributed by atoms with E-state index in [0.717, 1.165) is 37.1 Å². The molecule has 1 heterocycles. The normalized spacial score (nSPS) is 16.9. The fourth-order valence-corrected chi connectivity index (χ4v) is 2.35. The number of rotatable bonds is 1. The lowest BCUT2D eigenvalue weighted by Gasteiger charge is -2.30. The highest BCUT2D eigenvalue weighted by atomic mass is 16.3. The summed E-state index contributed by atoms with van der Waals surface area (Å²) in [6.45, 7) is 7.71. The van der Waals surface area contributed by atoms with E-state index in [9.17, 15) is 9.90 Å². The van der Waals surface area contributed by atoms with Gasteiger partial charge in [0.15, 0.2) is 0 Å². The summed E-state index contributed by atoms with van der Waals surface area (Å²) >= 11 is 0. The van der Waals surface area contributed by atoms with Crippen LogP contribution in [0.3, 0.4) is 0 Å². The van der Waals surface area contributed by atoms with Gasteiger partial charge < -0.3 is 10.0 Å². The zero-order valence-corrected chi connectivity index (χ0v) is 11.4. The first kappa shape index (κ1) is 12.9. The molecule has 1 N–H and O–H groups in total. The van der Waals surface area contributed by atoms with Gasteiger partial charge in [-0.15, -0.1) is 0 Å². The lowest BCUT2D eigenvalue weighted by atomic mass is 9.98. The third kappa shape index (κ3) is 2.50. The minimum absolute atomic E-state index is 0.0394. The minimum atomic E-state index is -0.0394. The van der Waals surface area contributed by atoms with E-state index in [1.165, 1.54) is 0 Å². The van der Waals surface area contributed by atoms with E-state index in [1.54, 1.807) is 12.1 Å². The van der Waals surface area contributed by atoms with Gasteiger partial charge in [0.2, 0.25) is 0 Å². The fraction of sp³-hybridized carbons (Fsp3) is 0.533. The van der Waals surface area contributed by atoms with Crippen molar-refractivity contribution in [3.63, 3.8) is 0 Å². The molecule has 0 radical (unpaired) electrons. The molecule has 2 rings (SSSR count). The van der Waals surface area contributed by atoms with Gasteiger partial charge in [-0.1, -0.05) is 6.92 Å². The maximum absolute atomic E-state index is 12.4. The number of aryl methyl sites for hydroxylation is 2. The lowest BCUT2D eigenvalue weighted by molar-refractivity contribution is 0.0694. The third-order valence-corrected chi connectivity index (χ3v) is 3.91. The van der Waals surface area contributed by atoms with E-state index in [0.29, 0.717) is 11.5 Å². The Labute approximate surface area is 108 Å². The summed E-state index contributed by atoms with van der Waals surface area (Å²) in [6.07, 6.45) is 2.11. The van der Waals surface area contributed by atoms with Crippen molar-refractivity contribution in [2.75, 3.05) is 13.1 Å². The number of benzene rings is 1. The first-order valence-corrected chi connectivity index (χ1v) is 6.58. The summed E-state index contributed by atoms with van der Waals surface area (Å²) in [5, 5.41) is 9.92. The summed E-state index contributed by atoms with van der Waals surface area (Å²) in [5.41, 5.74) is 2.49. The van der Waals surface area contributed by atoms with Gasteiger partial charge in [0.1, 0.15) is 5.75 Å². The summed E-state index contributed by atoms with van der Waals surface area (Å²) in [4.78, 5) is 14.2. The number of carbonyl (C=O) groups is 1. The van der Waals surface area contributed by atoms with E-state index < -0.39 is 0 Å². The van der Waals surface area contributed by atoms with Crippen molar-refractivity contribution < 1.29 is 9.90 Å². The molecule has 0 saturated carbocycles. The Balaban J connectivity index is 2.21. The molecule has 18 heavy (non-hydrogen) atoms. The number of carbonyl (C=O) groups excluding carboxylic acids is 1. The number of phenols is 1. The van der Waals surface area contributed by atoms with Gasteiger partial charge in [-0.25, -0.2) is 0 Å². The predicted molar refractivity (Wildman–Crippen MR) is 71.9 cm³/mol. The molecule has 0 atom stereocenters. The van der Waals surface area contributed by atoms with Crippen LogP contribution < -0.4 is 0 Å². The summed E-state index contributed by atoms with van der Waals surface area (Å²) in [7, 11) is 0. The Bertz CT molecular complexity index is 460. The van der Waals surface area contributed by atoms with Crippen LogP contribution in [0.25, 0.3) is 0 Å². The van der Waals surface area contributed by atoms with Gasteiger partial charge in [-0.2, -0.15) is 0 Å².